The predicted octanol–water partition coefficient (Wildman–Crippen LogP) is 3.87. The van der Waals surface area contributed by atoms with Crippen LogP contribution in [-0.4, -0.2) is 58.3 Å². The molecule has 6 nitrogen and oxygen atoms in total. The smallest absolute Gasteiger partial charge is 0.251 e. The number of likely N-dealkylation sites (tertiary alicyclic amines) is 1. The van der Waals surface area contributed by atoms with Crippen molar-refractivity contribution in [2.75, 3.05) is 47.5 Å². The van der Waals surface area contributed by atoms with Crippen LogP contribution in [0.25, 0.3) is 6.08 Å². The quantitative estimate of drug-likeness (QED) is 0.662. The van der Waals surface area contributed by atoms with Crippen LogP contribution in [0.5, 0.6) is 17.2 Å². The lowest BCUT2D eigenvalue weighted by molar-refractivity contribution is 0.0934. The number of carbonyl (C=O) groups is 1. The molecule has 0 aromatic heterocycles. The number of hydrogen-bond acceptors (Lipinski definition) is 5. The molecule has 0 aliphatic carbocycles. The van der Waals surface area contributed by atoms with Crippen LogP contribution in [-0.2, 0) is 0 Å². The molecular formula is C25H32N2O4. The average molecular weight is 425 g/mol. The topological polar surface area (TPSA) is 60.0 Å². The Hall–Kier alpha value is -2.99. The predicted molar refractivity (Wildman–Crippen MR) is 123 cm³/mol. The average Bonchev–Trinajstić information content (AvgIpc) is 2.82. The molecule has 1 aliphatic heterocycles. The van der Waals surface area contributed by atoms with Crippen LogP contribution < -0.4 is 19.5 Å². The van der Waals surface area contributed by atoms with Gasteiger partial charge in [-0.2, -0.15) is 0 Å². The number of para-hydroxylation sites is 1. The third kappa shape index (κ3) is 6.49. The molecule has 1 N–H and O–H groups in total. The number of piperidine rings is 1. The normalized spacial score (nSPS) is 16.8. The molecule has 2 aromatic carbocycles. The van der Waals surface area contributed by atoms with Gasteiger partial charge in [0.1, 0.15) is 17.2 Å². The van der Waals surface area contributed by atoms with E-state index in [9.17, 15) is 4.79 Å². The SMILES string of the molecule is COc1cc(OC)cc(C(=O)NC[C@@H]2CCCN(C/C=C/c3ccccc3OC)C2)c1. The maximum Gasteiger partial charge on any atom is 0.251 e. The van der Waals surface area contributed by atoms with Crippen LogP contribution in [0.1, 0.15) is 28.8 Å². The molecule has 166 valence electrons. The summed E-state index contributed by atoms with van der Waals surface area (Å²) in [6, 6.07) is 13.2. The van der Waals surface area contributed by atoms with Crippen LogP contribution in [0, 0.1) is 5.92 Å². The first-order chi connectivity index (χ1) is 15.1. The van der Waals surface area contributed by atoms with E-state index in [1.165, 1.54) is 0 Å². The maximum absolute atomic E-state index is 12.6. The number of benzene rings is 2. The first-order valence-corrected chi connectivity index (χ1v) is 10.7. The van der Waals surface area contributed by atoms with Crippen LogP contribution in [0.15, 0.2) is 48.5 Å². The van der Waals surface area contributed by atoms with Gasteiger partial charge in [-0.05, 0) is 43.5 Å². The summed E-state index contributed by atoms with van der Waals surface area (Å²) in [4.78, 5) is 15.1. The molecule has 0 radical (unpaired) electrons. The van der Waals surface area contributed by atoms with E-state index in [1.54, 1.807) is 39.5 Å². The van der Waals surface area contributed by atoms with Gasteiger partial charge in [-0.15, -0.1) is 0 Å². The highest BCUT2D eigenvalue weighted by atomic mass is 16.5. The van der Waals surface area contributed by atoms with Crippen molar-refractivity contribution in [2.45, 2.75) is 12.8 Å². The van der Waals surface area contributed by atoms with E-state index < -0.39 is 0 Å². The van der Waals surface area contributed by atoms with Crippen molar-refractivity contribution in [2.24, 2.45) is 5.92 Å². The lowest BCUT2D eigenvalue weighted by Gasteiger charge is -2.32. The second-order valence-corrected chi connectivity index (χ2v) is 7.72. The summed E-state index contributed by atoms with van der Waals surface area (Å²) in [7, 11) is 4.85. The molecule has 6 heteroatoms. The molecule has 1 saturated heterocycles. The molecule has 1 aliphatic rings. The van der Waals surface area contributed by atoms with Crippen molar-refractivity contribution in [1.82, 2.24) is 10.2 Å². The van der Waals surface area contributed by atoms with Gasteiger partial charge in [-0.3, -0.25) is 9.69 Å². The number of nitrogens with one attached hydrogen (secondary N) is 1. The van der Waals surface area contributed by atoms with Crippen molar-refractivity contribution in [1.29, 1.82) is 0 Å². The Morgan fingerprint density at radius 1 is 1.10 bits per heavy atom. The van der Waals surface area contributed by atoms with E-state index in [0.717, 1.165) is 43.8 Å². The van der Waals surface area contributed by atoms with Crippen LogP contribution in [0.3, 0.4) is 0 Å². The summed E-state index contributed by atoms with van der Waals surface area (Å²) in [5.41, 5.74) is 1.63. The highest BCUT2D eigenvalue weighted by Gasteiger charge is 2.20. The van der Waals surface area contributed by atoms with Crippen molar-refractivity contribution in [3.05, 3.63) is 59.7 Å². The summed E-state index contributed by atoms with van der Waals surface area (Å²) in [5.74, 6) is 2.42. The van der Waals surface area contributed by atoms with E-state index in [4.69, 9.17) is 14.2 Å². The molecule has 1 atom stereocenters. The van der Waals surface area contributed by atoms with Crippen molar-refractivity contribution in [3.8, 4) is 17.2 Å². The van der Waals surface area contributed by atoms with Gasteiger partial charge in [0.25, 0.3) is 5.91 Å². The minimum absolute atomic E-state index is 0.106. The lowest BCUT2D eigenvalue weighted by Crippen LogP contribution is -2.40. The zero-order valence-corrected chi connectivity index (χ0v) is 18.6. The Kier molecular flexibility index (Phi) is 8.35. The zero-order chi connectivity index (χ0) is 22.1. The number of hydrogen-bond donors (Lipinski definition) is 1. The van der Waals surface area contributed by atoms with Crippen LogP contribution >= 0.6 is 0 Å². The Balaban J connectivity index is 1.51. The van der Waals surface area contributed by atoms with E-state index in [1.807, 2.05) is 18.2 Å². The summed E-state index contributed by atoms with van der Waals surface area (Å²) < 4.78 is 15.9. The molecule has 1 heterocycles. The first kappa shape index (κ1) is 22.7. The van der Waals surface area contributed by atoms with Crippen LogP contribution in [0.4, 0.5) is 0 Å². The van der Waals surface area contributed by atoms with Crippen LogP contribution in [0.2, 0.25) is 0 Å². The van der Waals surface area contributed by atoms with E-state index >= 15 is 0 Å². The van der Waals surface area contributed by atoms with E-state index in [-0.39, 0.29) is 5.91 Å². The van der Waals surface area contributed by atoms with Crippen molar-refractivity contribution >= 4 is 12.0 Å². The third-order valence-electron chi connectivity index (χ3n) is 5.57. The van der Waals surface area contributed by atoms with Gasteiger partial charge in [0.2, 0.25) is 0 Å². The van der Waals surface area contributed by atoms with E-state index in [0.29, 0.717) is 29.5 Å². The number of carbonyl (C=O) groups excluding carboxylic acids is 1. The van der Waals surface area contributed by atoms with Gasteiger partial charge in [0, 0.05) is 36.8 Å². The Labute approximate surface area is 184 Å². The molecule has 2 aromatic rings. The molecular weight excluding hydrogens is 392 g/mol. The lowest BCUT2D eigenvalue weighted by atomic mass is 9.97. The number of ether oxygens (including phenoxy) is 3. The fourth-order valence-corrected chi connectivity index (χ4v) is 3.89. The van der Waals surface area contributed by atoms with E-state index in [2.05, 4.69) is 28.4 Å². The molecule has 31 heavy (non-hydrogen) atoms. The van der Waals surface area contributed by atoms with Gasteiger partial charge >= 0.3 is 0 Å². The van der Waals surface area contributed by atoms with Gasteiger partial charge in [0.05, 0.1) is 21.3 Å². The standard InChI is InChI=1S/C25H32N2O4/c1-29-22-14-21(15-23(16-22)30-2)25(28)26-17-19-8-6-12-27(18-19)13-7-10-20-9-4-5-11-24(20)31-3/h4-5,7,9-11,14-16,19H,6,8,12-13,17-18H2,1-3H3,(H,26,28)/b10-7+/t19-/m0/s1. The molecule has 1 amide bonds. The minimum Gasteiger partial charge on any atom is -0.497 e. The van der Waals surface area contributed by atoms with Crippen molar-refractivity contribution in [3.63, 3.8) is 0 Å². The van der Waals surface area contributed by atoms with Gasteiger partial charge in [-0.1, -0.05) is 30.4 Å². The van der Waals surface area contributed by atoms with Gasteiger partial charge < -0.3 is 19.5 Å². The summed E-state index contributed by atoms with van der Waals surface area (Å²) >= 11 is 0. The number of methoxy groups -OCH3 is 3. The van der Waals surface area contributed by atoms with Gasteiger partial charge in [0.15, 0.2) is 0 Å². The minimum atomic E-state index is -0.106. The molecule has 0 saturated carbocycles. The maximum atomic E-state index is 12.6. The summed E-state index contributed by atoms with van der Waals surface area (Å²) in [6.07, 6.45) is 6.55. The fraction of sp³-hybridized carbons (Fsp3) is 0.400. The summed E-state index contributed by atoms with van der Waals surface area (Å²) in [5, 5.41) is 3.08. The van der Waals surface area contributed by atoms with Gasteiger partial charge in [-0.25, -0.2) is 0 Å². The fourth-order valence-electron chi connectivity index (χ4n) is 3.89. The molecule has 3 rings (SSSR count). The second kappa shape index (κ2) is 11.4. The number of amides is 1. The monoisotopic (exact) mass is 424 g/mol. The largest absolute Gasteiger partial charge is 0.497 e. The van der Waals surface area contributed by atoms with Crippen molar-refractivity contribution < 1.29 is 19.0 Å². The summed E-state index contributed by atoms with van der Waals surface area (Å²) in [6.45, 7) is 3.59. The number of rotatable bonds is 9. The Bertz CT molecular complexity index is 875. The molecule has 0 spiro atoms. The third-order valence-corrected chi connectivity index (χ3v) is 5.57. The Morgan fingerprint density at radius 2 is 1.84 bits per heavy atom. The Morgan fingerprint density at radius 3 is 2.55 bits per heavy atom. The zero-order valence-electron chi connectivity index (χ0n) is 18.6. The number of nitrogens with zero attached hydrogens (tertiary/aromatic N) is 1. The highest BCUT2D eigenvalue weighted by molar-refractivity contribution is 5.95. The highest BCUT2D eigenvalue weighted by Crippen LogP contribution is 2.23. The molecule has 1 fully saturated rings. The second-order valence-electron chi connectivity index (χ2n) is 7.72. The molecule has 0 bridgehead atoms. The first-order valence-electron chi connectivity index (χ1n) is 10.7. The molecule has 0 unspecified atom stereocenters.